The molecule has 0 amide bonds. The van der Waals surface area contributed by atoms with Gasteiger partial charge in [-0.25, -0.2) is 0 Å². The van der Waals surface area contributed by atoms with Crippen molar-refractivity contribution in [1.29, 1.82) is 0 Å². The third-order valence-electron chi connectivity index (χ3n) is 3.88. The standard InChI is InChI=1S/C15H29N/c1-5-13(4)15(11-16-12(2)3)14-9-7-6-8-10-14/h9,12-13,15-16H,5-8,10-11H2,1-4H3. The van der Waals surface area contributed by atoms with Crippen LogP contribution in [0.25, 0.3) is 0 Å². The molecule has 0 saturated carbocycles. The average Bonchev–Trinajstić information content (AvgIpc) is 2.30. The Bertz CT molecular complexity index is 217. The zero-order valence-corrected chi connectivity index (χ0v) is 11.6. The van der Waals surface area contributed by atoms with Gasteiger partial charge in [-0.2, -0.15) is 0 Å². The van der Waals surface area contributed by atoms with Crippen molar-refractivity contribution in [3.63, 3.8) is 0 Å². The molecule has 0 aromatic heterocycles. The molecule has 0 radical (unpaired) electrons. The molecule has 0 fully saturated rings. The summed E-state index contributed by atoms with van der Waals surface area (Å²) in [5.74, 6) is 1.59. The van der Waals surface area contributed by atoms with Crippen molar-refractivity contribution >= 4 is 0 Å². The lowest BCUT2D eigenvalue weighted by atomic mass is 9.80. The molecule has 94 valence electrons. The summed E-state index contributed by atoms with van der Waals surface area (Å²) in [4.78, 5) is 0. The van der Waals surface area contributed by atoms with Gasteiger partial charge in [-0.3, -0.25) is 0 Å². The van der Waals surface area contributed by atoms with Crippen molar-refractivity contribution in [2.75, 3.05) is 6.54 Å². The average molecular weight is 223 g/mol. The quantitative estimate of drug-likeness (QED) is 0.667. The summed E-state index contributed by atoms with van der Waals surface area (Å²) in [6.07, 6.45) is 9.26. The van der Waals surface area contributed by atoms with Crippen molar-refractivity contribution < 1.29 is 0 Å². The summed E-state index contributed by atoms with van der Waals surface area (Å²) in [5.41, 5.74) is 1.73. The number of hydrogen-bond donors (Lipinski definition) is 1. The Hall–Kier alpha value is -0.300. The maximum atomic E-state index is 3.62. The van der Waals surface area contributed by atoms with Gasteiger partial charge in [-0.05, 0) is 37.5 Å². The summed E-state index contributed by atoms with van der Waals surface area (Å²) in [6.45, 7) is 10.4. The SMILES string of the molecule is CCC(C)C(CNC(C)C)C1=CCCCC1. The first-order valence-electron chi connectivity index (χ1n) is 7.07. The molecule has 1 N–H and O–H groups in total. The van der Waals surface area contributed by atoms with Crippen LogP contribution in [0.4, 0.5) is 0 Å². The second-order valence-corrected chi connectivity index (χ2v) is 5.58. The van der Waals surface area contributed by atoms with Crippen molar-refractivity contribution in [3.05, 3.63) is 11.6 Å². The Morgan fingerprint density at radius 3 is 2.50 bits per heavy atom. The van der Waals surface area contributed by atoms with Gasteiger partial charge in [0, 0.05) is 12.6 Å². The second-order valence-electron chi connectivity index (χ2n) is 5.58. The molecule has 0 aliphatic heterocycles. The van der Waals surface area contributed by atoms with E-state index in [2.05, 4.69) is 39.1 Å². The monoisotopic (exact) mass is 223 g/mol. The molecular weight excluding hydrogens is 194 g/mol. The molecule has 2 atom stereocenters. The number of allylic oxidation sites excluding steroid dienone is 1. The Balaban J connectivity index is 2.58. The van der Waals surface area contributed by atoms with E-state index in [1.165, 1.54) is 38.6 Å². The van der Waals surface area contributed by atoms with Gasteiger partial charge < -0.3 is 5.32 Å². The van der Waals surface area contributed by atoms with Gasteiger partial charge in [-0.1, -0.05) is 45.8 Å². The van der Waals surface area contributed by atoms with E-state index >= 15 is 0 Å². The molecule has 0 heterocycles. The first-order chi connectivity index (χ1) is 7.65. The predicted octanol–water partition coefficient (Wildman–Crippen LogP) is 4.15. The minimum atomic E-state index is 0.607. The predicted molar refractivity (Wildman–Crippen MR) is 72.6 cm³/mol. The Labute approximate surface area is 102 Å². The van der Waals surface area contributed by atoms with Crippen LogP contribution in [0.15, 0.2) is 11.6 Å². The van der Waals surface area contributed by atoms with Crippen molar-refractivity contribution in [2.45, 2.75) is 65.8 Å². The van der Waals surface area contributed by atoms with Gasteiger partial charge in [-0.15, -0.1) is 0 Å². The van der Waals surface area contributed by atoms with E-state index in [1.807, 2.05) is 0 Å². The van der Waals surface area contributed by atoms with E-state index in [-0.39, 0.29) is 0 Å². The first-order valence-corrected chi connectivity index (χ1v) is 7.07. The lowest BCUT2D eigenvalue weighted by molar-refractivity contribution is 0.352. The fraction of sp³-hybridized carbons (Fsp3) is 0.867. The van der Waals surface area contributed by atoms with Gasteiger partial charge in [0.05, 0.1) is 0 Å². The Kier molecular flexibility index (Phi) is 6.12. The van der Waals surface area contributed by atoms with Crippen LogP contribution < -0.4 is 5.32 Å². The van der Waals surface area contributed by atoms with E-state index < -0.39 is 0 Å². The summed E-state index contributed by atoms with van der Waals surface area (Å²) >= 11 is 0. The Morgan fingerprint density at radius 1 is 1.25 bits per heavy atom. The molecular formula is C15H29N. The molecule has 1 heteroatoms. The fourth-order valence-corrected chi connectivity index (χ4v) is 2.54. The molecule has 0 bridgehead atoms. The lowest BCUT2D eigenvalue weighted by Crippen LogP contribution is -2.33. The van der Waals surface area contributed by atoms with E-state index in [9.17, 15) is 0 Å². The second kappa shape index (κ2) is 7.11. The molecule has 0 saturated heterocycles. The van der Waals surface area contributed by atoms with Crippen LogP contribution in [0.1, 0.15) is 59.8 Å². The van der Waals surface area contributed by atoms with E-state index in [4.69, 9.17) is 0 Å². The first kappa shape index (κ1) is 13.8. The number of rotatable bonds is 6. The molecule has 1 aliphatic rings. The summed E-state index contributed by atoms with van der Waals surface area (Å²) in [6, 6.07) is 0.607. The van der Waals surface area contributed by atoms with Gasteiger partial charge in [0.15, 0.2) is 0 Å². The fourth-order valence-electron chi connectivity index (χ4n) is 2.54. The zero-order valence-electron chi connectivity index (χ0n) is 11.6. The highest BCUT2D eigenvalue weighted by Crippen LogP contribution is 2.30. The summed E-state index contributed by atoms with van der Waals surface area (Å²) in [5, 5.41) is 3.62. The minimum Gasteiger partial charge on any atom is -0.314 e. The lowest BCUT2D eigenvalue weighted by Gasteiger charge is -2.29. The topological polar surface area (TPSA) is 12.0 Å². The largest absolute Gasteiger partial charge is 0.314 e. The highest BCUT2D eigenvalue weighted by atomic mass is 14.9. The third-order valence-corrected chi connectivity index (χ3v) is 3.88. The van der Waals surface area contributed by atoms with Crippen LogP contribution in [0, 0.1) is 11.8 Å². The molecule has 1 nitrogen and oxygen atoms in total. The summed E-state index contributed by atoms with van der Waals surface area (Å²) < 4.78 is 0. The van der Waals surface area contributed by atoms with Gasteiger partial charge >= 0.3 is 0 Å². The minimum absolute atomic E-state index is 0.607. The van der Waals surface area contributed by atoms with Crippen LogP contribution in [-0.2, 0) is 0 Å². The molecule has 0 aromatic carbocycles. The number of nitrogens with one attached hydrogen (secondary N) is 1. The van der Waals surface area contributed by atoms with Gasteiger partial charge in [0.25, 0.3) is 0 Å². The molecule has 0 aromatic rings. The summed E-state index contributed by atoms with van der Waals surface area (Å²) in [7, 11) is 0. The molecule has 16 heavy (non-hydrogen) atoms. The van der Waals surface area contributed by atoms with Gasteiger partial charge in [0.1, 0.15) is 0 Å². The van der Waals surface area contributed by atoms with Crippen LogP contribution in [0.5, 0.6) is 0 Å². The molecule has 1 aliphatic carbocycles. The van der Waals surface area contributed by atoms with E-state index in [0.29, 0.717) is 6.04 Å². The molecule has 2 unspecified atom stereocenters. The van der Waals surface area contributed by atoms with Crippen LogP contribution in [-0.4, -0.2) is 12.6 Å². The van der Waals surface area contributed by atoms with Crippen molar-refractivity contribution in [1.82, 2.24) is 5.32 Å². The van der Waals surface area contributed by atoms with Crippen LogP contribution >= 0.6 is 0 Å². The molecule has 1 rings (SSSR count). The van der Waals surface area contributed by atoms with E-state index in [0.717, 1.165) is 11.8 Å². The Morgan fingerprint density at radius 2 is 2.00 bits per heavy atom. The van der Waals surface area contributed by atoms with Crippen LogP contribution in [0.2, 0.25) is 0 Å². The number of hydrogen-bond acceptors (Lipinski definition) is 1. The zero-order chi connectivity index (χ0) is 12.0. The van der Waals surface area contributed by atoms with Crippen LogP contribution in [0.3, 0.4) is 0 Å². The smallest absolute Gasteiger partial charge is 0.00218 e. The van der Waals surface area contributed by atoms with E-state index in [1.54, 1.807) is 5.57 Å². The normalized spacial score (nSPS) is 20.7. The highest BCUT2D eigenvalue weighted by molar-refractivity contribution is 5.11. The van der Waals surface area contributed by atoms with Crippen molar-refractivity contribution in [2.24, 2.45) is 11.8 Å². The van der Waals surface area contributed by atoms with Gasteiger partial charge in [0.2, 0.25) is 0 Å². The third kappa shape index (κ3) is 4.29. The highest BCUT2D eigenvalue weighted by Gasteiger charge is 2.21. The van der Waals surface area contributed by atoms with Crippen molar-refractivity contribution in [3.8, 4) is 0 Å². The maximum Gasteiger partial charge on any atom is 0.00218 e. The maximum absolute atomic E-state index is 3.62. The molecule has 0 spiro atoms.